The van der Waals surface area contributed by atoms with Crippen LogP contribution in [0, 0.1) is 5.92 Å². The summed E-state index contributed by atoms with van der Waals surface area (Å²) in [5, 5.41) is 16.8. The minimum absolute atomic E-state index is 0.0383. The Morgan fingerprint density at radius 2 is 1.70 bits per heavy atom. The van der Waals surface area contributed by atoms with Crippen LogP contribution in [0.25, 0.3) is 32.3 Å². The van der Waals surface area contributed by atoms with Crippen molar-refractivity contribution >= 4 is 66.5 Å². The predicted octanol–water partition coefficient (Wildman–Crippen LogP) is 2.90. The minimum atomic E-state index is -4.96. The van der Waals surface area contributed by atoms with E-state index in [0.717, 1.165) is 37.9 Å². The number of phosphoric acid groups is 2. The SMILES string of the molecule is NC1=NC=NC2C1N=CN2C1CC(OP(=O)(O)O)C(COP(=O)(O)OCC(CO)Cc2ccc3ccc4cccc5ccc2c3c45)O1. The highest BCUT2D eigenvalue weighted by molar-refractivity contribution is 7.47. The van der Waals surface area contributed by atoms with Gasteiger partial charge in [-0.15, -0.1) is 0 Å². The lowest BCUT2D eigenvalue weighted by atomic mass is 9.89. The van der Waals surface area contributed by atoms with Gasteiger partial charge < -0.3 is 35.2 Å². The van der Waals surface area contributed by atoms with E-state index in [9.17, 15) is 28.9 Å². The molecule has 4 aromatic rings. The molecule has 3 heterocycles. The van der Waals surface area contributed by atoms with E-state index in [1.165, 1.54) is 12.7 Å². The van der Waals surface area contributed by atoms with Gasteiger partial charge in [0.05, 0.1) is 19.6 Å². The summed E-state index contributed by atoms with van der Waals surface area (Å²) in [6.45, 7) is -1.19. The summed E-state index contributed by atoms with van der Waals surface area (Å²) in [5.74, 6) is -0.284. The third-order valence-corrected chi connectivity index (χ3v) is 10.2. The zero-order chi connectivity index (χ0) is 32.9. The summed E-state index contributed by atoms with van der Waals surface area (Å²) >= 11 is 0. The first-order valence-electron chi connectivity index (χ1n) is 14.9. The second-order valence-corrected chi connectivity index (χ2v) is 14.4. The highest BCUT2D eigenvalue weighted by Crippen LogP contribution is 2.47. The molecule has 17 heteroatoms. The molecule has 0 aliphatic carbocycles. The van der Waals surface area contributed by atoms with Crippen LogP contribution in [0.4, 0.5) is 0 Å². The van der Waals surface area contributed by atoms with Gasteiger partial charge in [0.15, 0.2) is 6.17 Å². The van der Waals surface area contributed by atoms with Crippen molar-refractivity contribution in [3.63, 3.8) is 0 Å². The van der Waals surface area contributed by atoms with Gasteiger partial charge in [-0.3, -0.25) is 18.6 Å². The van der Waals surface area contributed by atoms with Crippen molar-refractivity contribution in [3.8, 4) is 0 Å². The van der Waals surface area contributed by atoms with Gasteiger partial charge in [-0.05, 0) is 44.3 Å². The molecule has 7 unspecified atom stereocenters. The first-order chi connectivity index (χ1) is 22.5. The number of aliphatic hydroxyl groups is 1. The molecule has 1 fully saturated rings. The molecule has 47 heavy (non-hydrogen) atoms. The molecule has 6 N–H and O–H groups in total. The molecule has 4 aromatic carbocycles. The second kappa shape index (κ2) is 12.6. The highest BCUT2D eigenvalue weighted by atomic mass is 31.2. The molecule has 0 spiro atoms. The van der Waals surface area contributed by atoms with Gasteiger partial charge in [0, 0.05) is 18.9 Å². The van der Waals surface area contributed by atoms with E-state index in [-0.39, 0.29) is 25.5 Å². The van der Waals surface area contributed by atoms with Crippen molar-refractivity contribution < 1.29 is 47.2 Å². The third kappa shape index (κ3) is 6.57. The molecule has 3 aliphatic heterocycles. The summed E-state index contributed by atoms with van der Waals surface area (Å²) in [6.07, 6.45) is -0.676. The lowest BCUT2D eigenvalue weighted by Gasteiger charge is -2.30. The van der Waals surface area contributed by atoms with Crippen LogP contribution in [0.5, 0.6) is 0 Å². The van der Waals surface area contributed by atoms with Crippen molar-refractivity contribution in [2.45, 2.75) is 43.5 Å². The van der Waals surface area contributed by atoms with E-state index in [0.29, 0.717) is 6.42 Å². The van der Waals surface area contributed by atoms with Crippen LogP contribution in [0.2, 0.25) is 0 Å². The molecular weight excluding hydrogens is 652 g/mol. The topological polar surface area (TPSA) is 218 Å². The maximum Gasteiger partial charge on any atom is 0.472 e. The number of aliphatic hydroxyl groups excluding tert-OH is 1. The Labute approximate surface area is 268 Å². The van der Waals surface area contributed by atoms with Crippen LogP contribution < -0.4 is 5.73 Å². The molecule has 7 rings (SSSR count). The number of benzene rings is 4. The summed E-state index contributed by atoms with van der Waals surface area (Å²) in [5.41, 5.74) is 6.87. The largest absolute Gasteiger partial charge is 0.472 e. The molecule has 0 aromatic heterocycles. The molecule has 7 atom stereocenters. The smallest absolute Gasteiger partial charge is 0.396 e. The average Bonchev–Trinajstić information content (AvgIpc) is 3.65. The zero-order valence-electron chi connectivity index (χ0n) is 24.8. The van der Waals surface area contributed by atoms with Gasteiger partial charge in [0.2, 0.25) is 0 Å². The Hall–Kier alpha value is -3.33. The third-order valence-electron chi connectivity index (χ3n) is 8.72. The summed E-state index contributed by atoms with van der Waals surface area (Å²) in [7, 11) is -9.66. The maximum atomic E-state index is 12.9. The van der Waals surface area contributed by atoms with Gasteiger partial charge in [-0.25, -0.2) is 19.1 Å². The number of hydrogen-bond donors (Lipinski definition) is 5. The number of hydrogen-bond acceptors (Lipinski definition) is 12. The molecule has 0 saturated carbocycles. The number of rotatable bonds is 12. The summed E-state index contributed by atoms with van der Waals surface area (Å²) < 4.78 is 46.0. The van der Waals surface area contributed by atoms with Gasteiger partial charge in [0.25, 0.3) is 0 Å². The Kier molecular flexibility index (Phi) is 8.64. The number of nitrogens with zero attached hydrogens (tertiary/aromatic N) is 4. The van der Waals surface area contributed by atoms with Crippen LogP contribution in [-0.2, 0) is 33.9 Å². The standard InChI is InChI=1S/C30H33N5O10P2/c31-29-28-30(33-15-32-29)35(16-34-28)25-11-23(45-46(37,38)39)24(44-25)14-43-47(40,41)42-13-17(12-36)10-21-7-6-20-5-4-18-2-1-3-19-8-9-22(21)27(20)26(18)19/h1-9,15-17,23-25,28,30,36H,10-14H2,(H,40,41)(H2,31,32,33)(H2,37,38,39). The fraction of sp³-hybridized carbons (Fsp3) is 0.367. The average molecular weight is 686 g/mol. The van der Waals surface area contributed by atoms with Crippen LogP contribution in [0.1, 0.15) is 12.0 Å². The van der Waals surface area contributed by atoms with Gasteiger partial charge in [-0.1, -0.05) is 54.6 Å². The molecule has 248 valence electrons. The predicted molar refractivity (Wildman–Crippen MR) is 174 cm³/mol. The van der Waals surface area contributed by atoms with Crippen molar-refractivity contribution in [1.29, 1.82) is 0 Å². The van der Waals surface area contributed by atoms with Crippen LogP contribution in [-0.4, -0.2) is 93.7 Å². The first kappa shape index (κ1) is 32.2. The minimum Gasteiger partial charge on any atom is -0.396 e. The highest BCUT2D eigenvalue weighted by Gasteiger charge is 2.47. The summed E-state index contributed by atoms with van der Waals surface area (Å²) in [6, 6.07) is 17.9. The quantitative estimate of drug-likeness (QED) is 0.107. The Morgan fingerprint density at radius 3 is 2.45 bits per heavy atom. The van der Waals surface area contributed by atoms with Gasteiger partial charge in [0.1, 0.15) is 36.7 Å². The monoisotopic (exact) mass is 685 g/mol. The van der Waals surface area contributed by atoms with E-state index >= 15 is 0 Å². The van der Waals surface area contributed by atoms with E-state index in [1.807, 2.05) is 18.2 Å². The van der Waals surface area contributed by atoms with Crippen LogP contribution in [0.3, 0.4) is 0 Å². The Bertz CT molecular complexity index is 1970. The molecule has 0 amide bonds. The Morgan fingerprint density at radius 1 is 0.979 bits per heavy atom. The van der Waals surface area contributed by atoms with Crippen molar-refractivity contribution in [2.24, 2.45) is 26.6 Å². The van der Waals surface area contributed by atoms with E-state index in [2.05, 4.69) is 51.4 Å². The molecule has 1 saturated heterocycles. The number of nitrogens with two attached hydrogens (primary N) is 1. The van der Waals surface area contributed by atoms with Crippen molar-refractivity contribution in [2.75, 3.05) is 19.8 Å². The van der Waals surface area contributed by atoms with Gasteiger partial charge >= 0.3 is 15.6 Å². The molecule has 3 aliphatic rings. The number of fused-ring (bicyclic) bond motifs is 1. The number of phosphoric ester groups is 2. The van der Waals surface area contributed by atoms with Crippen molar-refractivity contribution in [1.82, 2.24) is 4.90 Å². The number of ether oxygens (including phenoxy) is 1. The van der Waals surface area contributed by atoms with Crippen LogP contribution >= 0.6 is 15.6 Å². The molecule has 15 nitrogen and oxygen atoms in total. The molecular formula is C30H33N5O10P2. The fourth-order valence-corrected chi connectivity index (χ4v) is 7.90. The van der Waals surface area contributed by atoms with E-state index in [4.69, 9.17) is 24.0 Å². The lowest BCUT2D eigenvalue weighted by Crippen LogP contribution is -2.47. The zero-order valence-corrected chi connectivity index (χ0v) is 26.6. The maximum absolute atomic E-state index is 12.9. The van der Waals surface area contributed by atoms with Crippen molar-refractivity contribution in [3.05, 3.63) is 60.2 Å². The normalized spacial score (nSPS) is 26.3. The number of aliphatic imine (C=N–C) groups is 3. The Balaban J connectivity index is 1.01. The number of amidine groups is 1. The van der Waals surface area contributed by atoms with E-state index in [1.54, 1.807) is 4.90 Å². The summed E-state index contributed by atoms with van der Waals surface area (Å²) in [4.78, 5) is 43.6. The molecule has 0 bridgehead atoms. The first-order valence-corrected chi connectivity index (χ1v) is 18.0. The second-order valence-electron chi connectivity index (χ2n) is 11.8. The van der Waals surface area contributed by atoms with Crippen LogP contribution in [0.15, 0.2) is 69.6 Å². The van der Waals surface area contributed by atoms with Gasteiger partial charge in [-0.2, -0.15) is 0 Å². The van der Waals surface area contributed by atoms with E-state index < -0.39 is 58.8 Å². The fourth-order valence-electron chi connectivity index (χ4n) is 6.52. The lowest BCUT2D eigenvalue weighted by molar-refractivity contribution is -0.0626. The molecule has 0 radical (unpaired) electrons.